The minimum Gasteiger partial charge on any atom is -0.380 e. The number of ether oxygens (including phenoxy) is 1. The van der Waals surface area contributed by atoms with Gasteiger partial charge in [0.05, 0.1) is 13.2 Å². The third-order valence-electron chi connectivity index (χ3n) is 3.01. The predicted octanol–water partition coefficient (Wildman–Crippen LogP) is 1.23. The SMILES string of the molecule is CCOCCN=C(N)N1CCN(c2nccs2)CC1.I. The molecule has 2 heterocycles. The minimum atomic E-state index is 0. The van der Waals surface area contributed by atoms with Crippen LogP contribution < -0.4 is 10.6 Å². The quantitative estimate of drug-likeness (QED) is 0.342. The van der Waals surface area contributed by atoms with Crippen molar-refractivity contribution >= 4 is 46.4 Å². The van der Waals surface area contributed by atoms with Crippen molar-refractivity contribution < 1.29 is 4.74 Å². The zero-order chi connectivity index (χ0) is 13.5. The first-order valence-corrected chi connectivity index (χ1v) is 7.46. The van der Waals surface area contributed by atoms with Crippen LogP contribution in [0.4, 0.5) is 5.13 Å². The topological polar surface area (TPSA) is 67.0 Å². The van der Waals surface area contributed by atoms with Crippen LogP contribution in [0.25, 0.3) is 0 Å². The van der Waals surface area contributed by atoms with Crippen LogP contribution in [0.5, 0.6) is 0 Å². The molecule has 1 saturated heterocycles. The zero-order valence-corrected chi connectivity index (χ0v) is 14.8. The monoisotopic (exact) mass is 411 g/mol. The molecule has 0 aliphatic carbocycles. The molecule has 1 aliphatic rings. The number of anilines is 1. The van der Waals surface area contributed by atoms with Crippen LogP contribution in [0.2, 0.25) is 0 Å². The standard InChI is InChI=1S/C12H21N5OS.HI/c1-2-18-9-3-14-11(13)16-5-7-17(8-6-16)12-15-4-10-19-12;/h4,10H,2-3,5-9H2,1H3,(H2,13,14);1H. The van der Waals surface area contributed by atoms with Gasteiger partial charge in [-0.2, -0.15) is 0 Å². The number of nitrogens with two attached hydrogens (primary N) is 1. The average Bonchev–Trinajstić information content (AvgIpc) is 2.98. The van der Waals surface area contributed by atoms with Crippen molar-refractivity contribution in [1.29, 1.82) is 0 Å². The van der Waals surface area contributed by atoms with Gasteiger partial charge in [-0.25, -0.2) is 4.98 Å². The lowest BCUT2D eigenvalue weighted by molar-refractivity contribution is 0.155. The molecule has 0 amide bonds. The molecule has 1 aromatic heterocycles. The van der Waals surface area contributed by atoms with E-state index in [1.54, 1.807) is 11.3 Å². The fraction of sp³-hybridized carbons (Fsp3) is 0.667. The Morgan fingerprint density at radius 3 is 2.80 bits per heavy atom. The first-order valence-electron chi connectivity index (χ1n) is 6.58. The molecule has 0 unspecified atom stereocenters. The predicted molar refractivity (Wildman–Crippen MR) is 94.3 cm³/mol. The summed E-state index contributed by atoms with van der Waals surface area (Å²) in [6.45, 7) is 7.63. The Hall–Kier alpha value is -0.610. The summed E-state index contributed by atoms with van der Waals surface area (Å²) in [7, 11) is 0. The summed E-state index contributed by atoms with van der Waals surface area (Å²) in [5.74, 6) is 0.624. The van der Waals surface area contributed by atoms with E-state index in [1.807, 2.05) is 18.5 Å². The lowest BCUT2D eigenvalue weighted by Gasteiger charge is -2.35. The highest BCUT2D eigenvalue weighted by Crippen LogP contribution is 2.18. The summed E-state index contributed by atoms with van der Waals surface area (Å²) in [6, 6.07) is 0. The number of rotatable bonds is 5. The molecule has 1 aromatic rings. The van der Waals surface area contributed by atoms with E-state index in [9.17, 15) is 0 Å². The largest absolute Gasteiger partial charge is 0.380 e. The van der Waals surface area contributed by atoms with Crippen LogP contribution >= 0.6 is 35.3 Å². The fourth-order valence-electron chi connectivity index (χ4n) is 1.97. The van der Waals surface area contributed by atoms with Gasteiger partial charge in [0.25, 0.3) is 0 Å². The summed E-state index contributed by atoms with van der Waals surface area (Å²) in [4.78, 5) is 13.1. The molecule has 0 aromatic carbocycles. The van der Waals surface area contributed by atoms with Gasteiger partial charge in [0.15, 0.2) is 11.1 Å². The molecule has 0 saturated carbocycles. The maximum Gasteiger partial charge on any atom is 0.191 e. The van der Waals surface area contributed by atoms with Gasteiger partial charge in [-0.15, -0.1) is 35.3 Å². The van der Waals surface area contributed by atoms with Crippen LogP contribution in [0.1, 0.15) is 6.92 Å². The van der Waals surface area contributed by atoms with Gasteiger partial charge in [0.2, 0.25) is 0 Å². The van der Waals surface area contributed by atoms with Crippen molar-refractivity contribution in [2.45, 2.75) is 6.92 Å². The minimum absolute atomic E-state index is 0. The molecule has 0 atom stereocenters. The molecule has 1 aliphatic heterocycles. The van der Waals surface area contributed by atoms with E-state index < -0.39 is 0 Å². The Morgan fingerprint density at radius 1 is 1.45 bits per heavy atom. The summed E-state index contributed by atoms with van der Waals surface area (Å²) in [5.41, 5.74) is 5.98. The third-order valence-corrected chi connectivity index (χ3v) is 3.84. The maximum atomic E-state index is 5.98. The highest BCUT2D eigenvalue weighted by atomic mass is 127. The van der Waals surface area contributed by atoms with E-state index in [0.717, 1.165) is 37.9 Å². The van der Waals surface area contributed by atoms with Gasteiger partial charge in [-0.3, -0.25) is 4.99 Å². The van der Waals surface area contributed by atoms with Gasteiger partial charge >= 0.3 is 0 Å². The second-order valence-corrected chi connectivity index (χ2v) is 5.10. The van der Waals surface area contributed by atoms with Crippen molar-refractivity contribution in [1.82, 2.24) is 9.88 Å². The van der Waals surface area contributed by atoms with Crippen molar-refractivity contribution in [3.63, 3.8) is 0 Å². The second kappa shape index (κ2) is 9.35. The molecule has 20 heavy (non-hydrogen) atoms. The number of aromatic nitrogens is 1. The summed E-state index contributed by atoms with van der Waals surface area (Å²) < 4.78 is 5.24. The van der Waals surface area contributed by atoms with Crippen LogP contribution in [0.15, 0.2) is 16.6 Å². The molecule has 6 nitrogen and oxygen atoms in total. The number of guanidine groups is 1. The number of piperazine rings is 1. The van der Waals surface area contributed by atoms with Gasteiger partial charge < -0.3 is 20.3 Å². The Morgan fingerprint density at radius 2 is 2.20 bits per heavy atom. The number of halogens is 1. The van der Waals surface area contributed by atoms with E-state index in [0.29, 0.717) is 19.1 Å². The Kier molecular flexibility index (Phi) is 8.15. The highest BCUT2D eigenvalue weighted by molar-refractivity contribution is 14.0. The third kappa shape index (κ3) is 5.06. The van der Waals surface area contributed by atoms with Crippen LogP contribution in [0.3, 0.4) is 0 Å². The van der Waals surface area contributed by atoms with E-state index in [2.05, 4.69) is 19.8 Å². The van der Waals surface area contributed by atoms with Crippen LogP contribution in [-0.2, 0) is 4.74 Å². The molecule has 2 N–H and O–H groups in total. The maximum absolute atomic E-state index is 5.98. The van der Waals surface area contributed by atoms with Crippen molar-refractivity contribution in [3.8, 4) is 0 Å². The normalized spacial score (nSPS) is 16.1. The molecule has 2 rings (SSSR count). The van der Waals surface area contributed by atoms with E-state index in [1.165, 1.54) is 0 Å². The van der Waals surface area contributed by atoms with E-state index in [4.69, 9.17) is 10.5 Å². The Bertz CT molecular complexity index is 393. The molecule has 0 radical (unpaired) electrons. The summed E-state index contributed by atoms with van der Waals surface area (Å²) in [5, 5.41) is 3.09. The first-order chi connectivity index (χ1) is 9.31. The molecule has 8 heteroatoms. The summed E-state index contributed by atoms with van der Waals surface area (Å²) in [6.07, 6.45) is 1.84. The first kappa shape index (κ1) is 17.4. The smallest absolute Gasteiger partial charge is 0.191 e. The number of thiazole rings is 1. The molecule has 0 spiro atoms. The Labute approximate surface area is 141 Å². The Balaban J connectivity index is 0.00000200. The van der Waals surface area contributed by atoms with Crippen molar-refractivity contribution in [2.24, 2.45) is 10.7 Å². The lowest BCUT2D eigenvalue weighted by atomic mass is 10.3. The van der Waals surface area contributed by atoms with Gasteiger partial charge in [0, 0.05) is 44.4 Å². The second-order valence-electron chi connectivity index (χ2n) is 4.23. The number of aliphatic imine (C=N–C) groups is 1. The average molecular weight is 411 g/mol. The highest BCUT2D eigenvalue weighted by Gasteiger charge is 2.19. The molecule has 1 fully saturated rings. The van der Waals surface area contributed by atoms with Crippen LogP contribution in [-0.4, -0.2) is 61.8 Å². The molecular formula is C12H22IN5OS. The zero-order valence-electron chi connectivity index (χ0n) is 11.7. The molecule has 0 bridgehead atoms. The molecular weight excluding hydrogens is 389 g/mol. The van der Waals surface area contributed by atoms with Crippen molar-refractivity contribution in [2.75, 3.05) is 50.8 Å². The van der Waals surface area contributed by atoms with E-state index in [-0.39, 0.29) is 24.0 Å². The lowest BCUT2D eigenvalue weighted by Crippen LogP contribution is -2.51. The van der Waals surface area contributed by atoms with Gasteiger partial charge in [0.1, 0.15) is 0 Å². The van der Waals surface area contributed by atoms with Crippen LogP contribution in [0, 0.1) is 0 Å². The number of hydrogen-bond acceptors (Lipinski definition) is 5. The van der Waals surface area contributed by atoms with E-state index >= 15 is 0 Å². The molecule has 114 valence electrons. The number of nitrogens with zero attached hydrogens (tertiary/aromatic N) is 4. The summed E-state index contributed by atoms with van der Waals surface area (Å²) >= 11 is 1.68. The van der Waals surface area contributed by atoms with Gasteiger partial charge in [-0.05, 0) is 6.92 Å². The van der Waals surface area contributed by atoms with Gasteiger partial charge in [-0.1, -0.05) is 0 Å². The fourth-order valence-corrected chi connectivity index (χ4v) is 2.66. The number of hydrogen-bond donors (Lipinski definition) is 1. The van der Waals surface area contributed by atoms with Crippen molar-refractivity contribution in [3.05, 3.63) is 11.6 Å².